The molecule has 0 unspecified atom stereocenters. The molecule has 1 aromatic carbocycles. The average molecular weight is 133 g/mol. The number of benzene rings is 1. The van der Waals surface area contributed by atoms with Crippen LogP contribution >= 0.6 is 0 Å². The smallest absolute Gasteiger partial charge is 0.0471 e. The monoisotopic (exact) mass is 133 g/mol. The minimum Gasteiger partial charge on any atom is -0.396 e. The fourth-order valence-corrected chi connectivity index (χ4v) is 0.774. The molecular weight excluding hydrogens is 123 g/mol. The molecular formula is C8H10BO. The van der Waals surface area contributed by atoms with Crippen molar-refractivity contribution < 1.29 is 5.11 Å². The van der Waals surface area contributed by atoms with Gasteiger partial charge in [-0.1, -0.05) is 30.3 Å². The summed E-state index contributed by atoms with van der Waals surface area (Å²) >= 11 is 0. The van der Waals surface area contributed by atoms with Gasteiger partial charge in [0, 0.05) is 15.0 Å². The second-order valence-electron chi connectivity index (χ2n) is 1.96. The van der Waals surface area contributed by atoms with Crippen LogP contribution in [0.2, 0.25) is 0 Å². The Labute approximate surface area is 63.3 Å². The van der Waals surface area contributed by atoms with E-state index in [-0.39, 0.29) is 15.0 Å². The van der Waals surface area contributed by atoms with Crippen molar-refractivity contribution in [2.75, 3.05) is 6.61 Å². The summed E-state index contributed by atoms with van der Waals surface area (Å²) in [6.07, 6.45) is 0.765. The van der Waals surface area contributed by atoms with Crippen molar-refractivity contribution in [1.29, 1.82) is 0 Å². The molecule has 51 valence electrons. The first-order valence-corrected chi connectivity index (χ1v) is 3.08. The van der Waals surface area contributed by atoms with E-state index >= 15 is 0 Å². The second-order valence-corrected chi connectivity index (χ2v) is 1.96. The summed E-state index contributed by atoms with van der Waals surface area (Å²) in [5, 5.41) is 8.52. The summed E-state index contributed by atoms with van der Waals surface area (Å²) in [4.78, 5) is 0. The summed E-state index contributed by atoms with van der Waals surface area (Å²) in [5.74, 6) is 0. The molecule has 2 heteroatoms. The average Bonchev–Trinajstić information content (AvgIpc) is 1.91. The number of hydrogen-bond acceptors (Lipinski definition) is 1. The molecule has 0 atom stereocenters. The van der Waals surface area contributed by atoms with Crippen molar-refractivity contribution in [2.45, 2.75) is 6.42 Å². The van der Waals surface area contributed by atoms with Gasteiger partial charge in [-0.05, 0) is 12.0 Å². The molecule has 0 aromatic heterocycles. The highest BCUT2D eigenvalue weighted by Gasteiger charge is 1.85. The molecule has 3 radical (unpaired) electrons. The number of rotatable bonds is 2. The molecule has 0 bridgehead atoms. The Morgan fingerprint density at radius 1 is 1.10 bits per heavy atom. The maximum atomic E-state index is 8.52. The predicted octanol–water partition coefficient (Wildman–Crippen LogP) is 0.841. The summed E-state index contributed by atoms with van der Waals surface area (Å²) in [5.41, 5.74) is 1.19. The van der Waals surface area contributed by atoms with E-state index in [1.807, 2.05) is 30.3 Å². The number of aliphatic hydroxyl groups excluding tert-OH is 1. The molecule has 1 aromatic rings. The van der Waals surface area contributed by atoms with E-state index in [0.717, 1.165) is 6.42 Å². The Morgan fingerprint density at radius 2 is 1.70 bits per heavy atom. The Morgan fingerprint density at radius 3 is 2.20 bits per heavy atom. The third kappa shape index (κ3) is 2.69. The Kier molecular flexibility index (Phi) is 4.68. The van der Waals surface area contributed by atoms with Gasteiger partial charge in [0.25, 0.3) is 0 Å². The third-order valence-corrected chi connectivity index (χ3v) is 1.24. The van der Waals surface area contributed by atoms with Gasteiger partial charge in [-0.2, -0.15) is 0 Å². The van der Waals surface area contributed by atoms with Crippen molar-refractivity contribution in [2.24, 2.45) is 0 Å². The lowest BCUT2D eigenvalue weighted by Crippen LogP contribution is -1.88. The Hall–Kier alpha value is -0.755. The molecule has 1 rings (SSSR count). The van der Waals surface area contributed by atoms with Gasteiger partial charge in [-0.25, -0.2) is 0 Å². The lowest BCUT2D eigenvalue weighted by atomic mass is 10.2. The van der Waals surface area contributed by atoms with Gasteiger partial charge in [0.1, 0.15) is 0 Å². The number of aliphatic hydroxyl groups is 1. The lowest BCUT2D eigenvalue weighted by molar-refractivity contribution is 0.299. The fourth-order valence-electron chi connectivity index (χ4n) is 0.774. The minimum atomic E-state index is 0. The van der Waals surface area contributed by atoms with Crippen LogP contribution in [0.5, 0.6) is 0 Å². The van der Waals surface area contributed by atoms with E-state index in [2.05, 4.69) is 0 Å². The van der Waals surface area contributed by atoms with Crippen molar-refractivity contribution in [3.8, 4) is 0 Å². The maximum absolute atomic E-state index is 8.52. The van der Waals surface area contributed by atoms with E-state index in [4.69, 9.17) is 5.11 Å². The highest BCUT2D eigenvalue weighted by Crippen LogP contribution is 1.97. The molecule has 0 aliphatic carbocycles. The summed E-state index contributed by atoms with van der Waals surface area (Å²) in [7, 11) is 0. The van der Waals surface area contributed by atoms with Crippen LogP contribution in [0.4, 0.5) is 0 Å². The zero-order valence-electron chi connectivity index (χ0n) is 5.83. The molecule has 1 nitrogen and oxygen atoms in total. The molecule has 0 heterocycles. The normalized spacial score (nSPS) is 8.50. The topological polar surface area (TPSA) is 20.2 Å². The van der Waals surface area contributed by atoms with E-state index in [1.165, 1.54) is 5.56 Å². The second kappa shape index (κ2) is 5.06. The van der Waals surface area contributed by atoms with Crippen LogP contribution in [0.1, 0.15) is 5.56 Å². The van der Waals surface area contributed by atoms with Crippen molar-refractivity contribution in [3.63, 3.8) is 0 Å². The molecule has 0 saturated carbocycles. The molecule has 0 saturated heterocycles. The van der Waals surface area contributed by atoms with Crippen LogP contribution in [0.25, 0.3) is 0 Å². The first kappa shape index (κ1) is 9.24. The fraction of sp³-hybridized carbons (Fsp3) is 0.250. The van der Waals surface area contributed by atoms with Crippen LogP contribution in [0, 0.1) is 0 Å². The van der Waals surface area contributed by atoms with Crippen LogP contribution in [0.15, 0.2) is 30.3 Å². The molecule has 0 spiro atoms. The molecule has 0 aliphatic rings. The summed E-state index contributed by atoms with van der Waals surface area (Å²) in [6, 6.07) is 9.95. The Bertz CT molecular complexity index is 162. The van der Waals surface area contributed by atoms with Gasteiger partial charge in [0.2, 0.25) is 0 Å². The van der Waals surface area contributed by atoms with Gasteiger partial charge < -0.3 is 5.11 Å². The predicted molar refractivity (Wildman–Crippen MR) is 43.0 cm³/mol. The lowest BCUT2D eigenvalue weighted by Gasteiger charge is -1.93. The van der Waals surface area contributed by atoms with Gasteiger partial charge in [-0.3, -0.25) is 0 Å². The summed E-state index contributed by atoms with van der Waals surface area (Å²) < 4.78 is 0. The van der Waals surface area contributed by atoms with Gasteiger partial charge in [0.05, 0.1) is 0 Å². The van der Waals surface area contributed by atoms with Crippen molar-refractivity contribution in [3.05, 3.63) is 35.9 Å². The third-order valence-electron chi connectivity index (χ3n) is 1.24. The zero-order valence-corrected chi connectivity index (χ0v) is 5.83. The molecule has 10 heavy (non-hydrogen) atoms. The standard InChI is InChI=1S/C8H10O.B/c9-7-6-8-4-2-1-3-5-8;/h1-5,9H,6-7H2;. The minimum absolute atomic E-state index is 0. The SMILES string of the molecule is OCCc1ccccc1.[B]. The molecule has 0 amide bonds. The Balaban J connectivity index is 0.000000810. The first-order valence-electron chi connectivity index (χ1n) is 3.08. The molecule has 0 fully saturated rings. The quantitative estimate of drug-likeness (QED) is 0.592. The highest BCUT2D eigenvalue weighted by molar-refractivity contribution is 5.75. The van der Waals surface area contributed by atoms with Crippen LogP contribution in [-0.4, -0.2) is 20.1 Å². The molecule has 1 N–H and O–H groups in total. The summed E-state index contributed by atoms with van der Waals surface area (Å²) in [6.45, 7) is 0.240. The van der Waals surface area contributed by atoms with E-state index in [9.17, 15) is 0 Å². The van der Waals surface area contributed by atoms with Crippen LogP contribution < -0.4 is 0 Å². The van der Waals surface area contributed by atoms with Gasteiger partial charge >= 0.3 is 0 Å². The number of hydrogen-bond donors (Lipinski definition) is 1. The maximum Gasteiger partial charge on any atom is 0.0471 e. The van der Waals surface area contributed by atoms with Gasteiger partial charge in [0.15, 0.2) is 0 Å². The van der Waals surface area contributed by atoms with E-state index in [1.54, 1.807) is 0 Å². The largest absolute Gasteiger partial charge is 0.396 e. The van der Waals surface area contributed by atoms with Gasteiger partial charge in [-0.15, -0.1) is 0 Å². The van der Waals surface area contributed by atoms with E-state index in [0.29, 0.717) is 0 Å². The zero-order chi connectivity index (χ0) is 6.53. The highest BCUT2D eigenvalue weighted by atomic mass is 16.2. The van der Waals surface area contributed by atoms with Crippen molar-refractivity contribution in [1.82, 2.24) is 0 Å². The van der Waals surface area contributed by atoms with E-state index < -0.39 is 0 Å². The van der Waals surface area contributed by atoms with Crippen LogP contribution in [-0.2, 0) is 6.42 Å². The first-order chi connectivity index (χ1) is 4.43. The van der Waals surface area contributed by atoms with Crippen molar-refractivity contribution >= 4 is 8.41 Å². The molecule has 0 aliphatic heterocycles. The van der Waals surface area contributed by atoms with Crippen LogP contribution in [0.3, 0.4) is 0 Å².